The molecule has 1 heterocycles. The molecule has 1 aromatic carbocycles. The van der Waals surface area contributed by atoms with Crippen molar-refractivity contribution in [2.45, 2.75) is 5.75 Å². The van der Waals surface area contributed by atoms with E-state index in [1.807, 2.05) is 0 Å². The Labute approximate surface area is 128 Å². The van der Waals surface area contributed by atoms with E-state index in [1.165, 1.54) is 18.3 Å². The van der Waals surface area contributed by atoms with Gasteiger partial charge in [0.05, 0.1) is 4.92 Å². The highest BCUT2D eigenvalue weighted by atomic mass is 35.5. The maximum Gasteiger partial charge on any atom is 0.287 e. The molecule has 0 aliphatic rings. The third kappa shape index (κ3) is 4.24. The summed E-state index contributed by atoms with van der Waals surface area (Å²) in [5.74, 6) is 0.841. The maximum absolute atomic E-state index is 11.3. The Morgan fingerprint density at radius 1 is 1.38 bits per heavy atom. The first-order chi connectivity index (χ1) is 9.95. The van der Waals surface area contributed by atoms with Crippen LogP contribution in [0.1, 0.15) is 5.56 Å². The summed E-state index contributed by atoms with van der Waals surface area (Å²) in [7, 11) is -0.993. The first-order valence-corrected chi connectivity index (χ1v) is 8.02. The van der Waals surface area contributed by atoms with Crippen LogP contribution in [0.5, 0.6) is 0 Å². The first kappa shape index (κ1) is 15.4. The number of nitrogens with zero attached hydrogens (tertiary/aromatic N) is 2. The molecule has 6 nitrogen and oxygen atoms in total. The van der Waals surface area contributed by atoms with E-state index in [9.17, 15) is 14.3 Å². The Morgan fingerprint density at radius 3 is 2.71 bits per heavy atom. The Balaban J connectivity index is 2.19. The van der Waals surface area contributed by atoms with E-state index in [2.05, 4.69) is 10.3 Å². The monoisotopic (exact) mass is 325 g/mol. The molecule has 0 saturated carbocycles. The SMILES string of the molecule is CS(=O)Cc1cc(Nc2ccc([N+](=O)[O-])cn2)ccc1Cl. The molecule has 0 radical (unpaired) electrons. The van der Waals surface area contributed by atoms with E-state index < -0.39 is 15.7 Å². The van der Waals surface area contributed by atoms with Crippen LogP contribution in [0.3, 0.4) is 0 Å². The van der Waals surface area contributed by atoms with E-state index in [4.69, 9.17) is 11.6 Å². The van der Waals surface area contributed by atoms with E-state index in [0.717, 1.165) is 11.3 Å². The van der Waals surface area contributed by atoms with Crippen LogP contribution in [0, 0.1) is 10.1 Å². The van der Waals surface area contributed by atoms with Crippen LogP contribution in [0.2, 0.25) is 5.02 Å². The molecule has 21 heavy (non-hydrogen) atoms. The van der Waals surface area contributed by atoms with E-state index in [-0.39, 0.29) is 5.69 Å². The Hall–Kier alpha value is -1.99. The lowest BCUT2D eigenvalue weighted by molar-refractivity contribution is -0.385. The summed E-state index contributed by atoms with van der Waals surface area (Å²) in [6, 6.07) is 8.13. The lowest BCUT2D eigenvalue weighted by Crippen LogP contribution is -1.98. The maximum atomic E-state index is 11.3. The number of pyridine rings is 1. The van der Waals surface area contributed by atoms with Gasteiger partial charge in [0, 0.05) is 39.6 Å². The highest BCUT2D eigenvalue weighted by Crippen LogP contribution is 2.24. The van der Waals surface area contributed by atoms with Gasteiger partial charge in [-0.25, -0.2) is 4.98 Å². The molecule has 2 rings (SSSR count). The number of hydrogen-bond acceptors (Lipinski definition) is 5. The lowest BCUT2D eigenvalue weighted by atomic mass is 10.2. The highest BCUT2D eigenvalue weighted by Gasteiger charge is 2.07. The number of aromatic nitrogens is 1. The van der Waals surface area contributed by atoms with Crippen molar-refractivity contribution >= 4 is 39.6 Å². The van der Waals surface area contributed by atoms with Gasteiger partial charge in [-0.2, -0.15) is 0 Å². The average molecular weight is 326 g/mol. The minimum absolute atomic E-state index is 0.0706. The van der Waals surface area contributed by atoms with Crippen LogP contribution >= 0.6 is 11.6 Å². The molecule has 0 bridgehead atoms. The number of benzene rings is 1. The van der Waals surface area contributed by atoms with Gasteiger partial charge in [-0.3, -0.25) is 14.3 Å². The summed E-state index contributed by atoms with van der Waals surface area (Å²) < 4.78 is 11.3. The van der Waals surface area contributed by atoms with Crippen LogP contribution in [0.4, 0.5) is 17.2 Å². The smallest absolute Gasteiger partial charge is 0.287 e. The molecule has 0 aliphatic heterocycles. The zero-order valence-corrected chi connectivity index (χ0v) is 12.6. The fourth-order valence-electron chi connectivity index (χ4n) is 1.70. The molecule has 0 spiro atoms. The topological polar surface area (TPSA) is 85.1 Å². The van der Waals surface area contributed by atoms with Gasteiger partial charge in [-0.05, 0) is 29.8 Å². The molecular weight excluding hydrogens is 314 g/mol. The Kier molecular flexibility index (Phi) is 4.87. The van der Waals surface area contributed by atoms with Crippen molar-refractivity contribution in [2.75, 3.05) is 11.6 Å². The second kappa shape index (κ2) is 6.64. The number of rotatable bonds is 5. The van der Waals surface area contributed by atoms with Crippen molar-refractivity contribution in [3.05, 3.63) is 57.2 Å². The standard InChI is InChI=1S/C13H12ClN3O3S/c1-21(20)8-9-6-10(2-4-12(9)14)16-13-5-3-11(7-15-13)17(18)19/h2-7H,8H2,1H3,(H,15,16). The lowest BCUT2D eigenvalue weighted by Gasteiger charge is -2.08. The Morgan fingerprint density at radius 2 is 2.14 bits per heavy atom. The molecular formula is C13H12ClN3O3S. The molecule has 110 valence electrons. The molecule has 2 aromatic rings. The highest BCUT2D eigenvalue weighted by molar-refractivity contribution is 7.83. The zero-order chi connectivity index (χ0) is 15.4. The van der Waals surface area contributed by atoms with Crippen molar-refractivity contribution in [1.29, 1.82) is 0 Å². The quantitative estimate of drug-likeness (QED) is 0.673. The fourth-order valence-corrected chi connectivity index (χ4v) is 2.64. The van der Waals surface area contributed by atoms with Crippen molar-refractivity contribution in [3.63, 3.8) is 0 Å². The van der Waals surface area contributed by atoms with Crippen LogP contribution in [-0.4, -0.2) is 20.4 Å². The zero-order valence-electron chi connectivity index (χ0n) is 11.1. The van der Waals surface area contributed by atoms with Gasteiger partial charge in [0.25, 0.3) is 5.69 Å². The van der Waals surface area contributed by atoms with Gasteiger partial charge in [0.15, 0.2) is 0 Å². The summed E-state index contributed by atoms with van der Waals surface area (Å²) in [5.41, 5.74) is 1.42. The van der Waals surface area contributed by atoms with Gasteiger partial charge in [0.1, 0.15) is 12.0 Å². The van der Waals surface area contributed by atoms with Crippen LogP contribution in [0.25, 0.3) is 0 Å². The molecule has 0 aliphatic carbocycles. The second-order valence-electron chi connectivity index (χ2n) is 4.31. The van der Waals surface area contributed by atoms with Crippen molar-refractivity contribution in [3.8, 4) is 0 Å². The van der Waals surface area contributed by atoms with Crippen molar-refractivity contribution < 1.29 is 9.13 Å². The van der Waals surface area contributed by atoms with Gasteiger partial charge >= 0.3 is 0 Å². The van der Waals surface area contributed by atoms with E-state index in [1.54, 1.807) is 24.5 Å². The summed E-state index contributed by atoms with van der Waals surface area (Å²) in [5, 5.41) is 14.1. The molecule has 1 atom stereocenters. The summed E-state index contributed by atoms with van der Waals surface area (Å²) >= 11 is 6.05. The molecule has 0 fully saturated rings. The normalized spacial score (nSPS) is 11.9. The van der Waals surface area contributed by atoms with Crippen molar-refractivity contribution in [1.82, 2.24) is 4.98 Å². The summed E-state index contributed by atoms with van der Waals surface area (Å²) in [6.07, 6.45) is 2.79. The van der Waals surface area contributed by atoms with E-state index >= 15 is 0 Å². The number of halogens is 1. The Bertz CT molecular complexity index is 692. The molecule has 0 amide bonds. The molecule has 1 N–H and O–H groups in total. The average Bonchev–Trinajstić information content (AvgIpc) is 2.42. The summed E-state index contributed by atoms with van der Waals surface area (Å²) in [4.78, 5) is 14.0. The van der Waals surface area contributed by atoms with Gasteiger partial charge < -0.3 is 5.32 Å². The first-order valence-electron chi connectivity index (χ1n) is 5.91. The minimum atomic E-state index is -0.993. The van der Waals surface area contributed by atoms with Gasteiger partial charge in [-0.1, -0.05) is 11.6 Å². The molecule has 0 saturated heterocycles. The molecule has 1 unspecified atom stereocenters. The van der Waals surface area contributed by atoms with Gasteiger partial charge in [-0.15, -0.1) is 0 Å². The molecule has 1 aromatic heterocycles. The van der Waals surface area contributed by atoms with Gasteiger partial charge in [0.2, 0.25) is 0 Å². The van der Waals surface area contributed by atoms with Crippen LogP contribution in [-0.2, 0) is 16.6 Å². The number of anilines is 2. The minimum Gasteiger partial charge on any atom is -0.340 e. The largest absolute Gasteiger partial charge is 0.340 e. The van der Waals surface area contributed by atoms with Crippen LogP contribution < -0.4 is 5.32 Å². The predicted octanol–water partition coefficient (Wildman–Crippen LogP) is 3.27. The third-order valence-electron chi connectivity index (χ3n) is 2.64. The number of nitrogens with one attached hydrogen (secondary N) is 1. The van der Waals surface area contributed by atoms with E-state index in [0.29, 0.717) is 16.6 Å². The fraction of sp³-hybridized carbons (Fsp3) is 0.154. The predicted molar refractivity (Wildman–Crippen MR) is 83.4 cm³/mol. The van der Waals surface area contributed by atoms with Crippen LogP contribution in [0.15, 0.2) is 36.5 Å². The third-order valence-corrected chi connectivity index (χ3v) is 3.72. The number of nitro groups is 1. The number of hydrogen-bond donors (Lipinski definition) is 1. The van der Waals surface area contributed by atoms with Crippen molar-refractivity contribution in [2.24, 2.45) is 0 Å². The second-order valence-corrected chi connectivity index (χ2v) is 6.15. The molecule has 8 heteroatoms. The summed E-state index contributed by atoms with van der Waals surface area (Å²) in [6.45, 7) is 0.